The topological polar surface area (TPSA) is 23.5 Å². The van der Waals surface area contributed by atoms with Crippen molar-refractivity contribution in [3.63, 3.8) is 0 Å². The molecule has 100 valence electrons. The summed E-state index contributed by atoms with van der Waals surface area (Å²) in [6.07, 6.45) is 0. The first-order valence-corrected chi connectivity index (χ1v) is 7.12. The van der Waals surface area contributed by atoms with Gasteiger partial charge in [-0.2, -0.15) is 0 Å². The van der Waals surface area contributed by atoms with Crippen LogP contribution < -0.4 is 4.90 Å². The highest BCUT2D eigenvalue weighted by molar-refractivity contribution is 9.10. The molecule has 0 aromatic heterocycles. The number of rotatable bonds is 4. The van der Waals surface area contributed by atoms with Crippen LogP contribution in [0.2, 0.25) is 5.02 Å². The first kappa shape index (κ1) is 14.4. The van der Waals surface area contributed by atoms with Crippen LogP contribution in [0.4, 0.5) is 5.69 Å². The van der Waals surface area contributed by atoms with E-state index in [-0.39, 0.29) is 6.61 Å². The molecule has 0 spiro atoms. The monoisotopic (exact) mass is 339 g/mol. The van der Waals surface area contributed by atoms with Gasteiger partial charge in [-0.1, -0.05) is 35.9 Å². The maximum absolute atomic E-state index is 9.11. The standard InChI is InChI=1S/C15H15BrClNO/c1-18(9-12-4-2-3-5-14(12)17)15-7-6-11(10-19)8-13(15)16/h2-8,19H,9-10H2,1H3. The van der Waals surface area contributed by atoms with Crippen molar-refractivity contribution in [1.29, 1.82) is 0 Å². The molecule has 19 heavy (non-hydrogen) atoms. The summed E-state index contributed by atoms with van der Waals surface area (Å²) in [7, 11) is 2.02. The number of aliphatic hydroxyl groups excluding tert-OH is 1. The Hall–Kier alpha value is -1.03. The van der Waals surface area contributed by atoms with Crippen molar-refractivity contribution in [2.75, 3.05) is 11.9 Å². The molecule has 0 saturated heterocycles. The fourth-order valence-corrected chi connectivity index (χ4v) is 2.85. The van der Waals surface area contributed by atoms with E-state index >= 15 is 0 Å². The zero-order chi connectivity index (χ0) is 13.8. The van der Waals surface area contributed by atoms with Crippen LogP contribution >= 0.6 is 27.5 Å². The predicted octanol–water partition coefficient (Wildman–Crippen LogP) is 4.23. The lowest BCUT2D eigenvalue weighted by Gasteiger charge is -2.22. The smallest absolute Gasteiger partial charge is 0.0682 e. The molecule has 0 aliphatic heterocycles. The summed E-state index contributed by atoms with van der Waals surface area (Å²) in [5.74, 6) is 0. The average Bonchev–Trinajstić information content (AvgIpc) is 2.41. The van der Waals surface area contributed by atoms with Crippen LogP contribution in [-0.2, 0) is 13.2 Å². The van der Waals surface area contributed by atoms with Crippen molar-refractivity contribution in [2.45, 2.75) is 13.2 Å². The fourth-order valence-electron chi connectivity index (χ4n) is 1.93. The quantitative estimate of drug-likeness (QED) is 0.900. The van der Waals surface area contributed by atoms with Gasteiger partial charge in [0.05, 0.1) is 12.3 Å². The zero-order valence-corrected chi connectivity index (χ0v) is 12.9. The van der Waals surface area contributed by atoms with Crippen LogP contribution in [0.3, 0.4) is 0 Å². The third kappa shape index (κ3) is 3.50. The normalized spacial score (nSPS) is 10.5. The van der Waals surface area contributed by atoms with E-state index in [0.29, 0.717) is 0 Å². The highest BCUT2D eigenvalue weighted by Crippen LogP contribution is 2.28. The van der Waals surface area contributed by atoms with E-state index < -0.39 is 0 Å². The van der Waals surface area contributed by atoms with Gasteiger partial charge in [-0.3, -0.25) is 0 Å². The molecule has 0 atom stereocenters. The second-order valence-corrected chi connectivity index (χ2v) is 5.65. The van der Waals surface area contributed by atoms with E-state index in [9.17, 15) is 0 Å². The predicted molar refractivity (Wildman–Crippen MR) is 83.6 cm³/mol. The van der Waals surface area contributed by atoms with Crippen LogP contribution in [0.15, 0.2) is 46.9 Å². The van der Waals surface area contributed by atoms with Gasteiger partial charge in [0.25, 0.3) is 0 Å². The molecule has 0 aliphatic rings. The van der Waals surface area contributed by atoms with Crippen LogP contribution in [0.1, 0.15) is 11.1 Å². The molecule has 0 radical (unpaired) electrons. The molecule has 0 saturated carbocycles. The minimum Gasteiger partial charge on any atom is -0.392 e. The van der Waals surface area contributed by atoms with Gasteiger partial charge in [0.15, 0.2) is 0 Å². The molecular formula is C15H15BrClNO. The Labute approximate surface area is 126 Å². The van der Waals surface area contributed by atoms with E-state index in [4.69, 9.17) is 16.7 Å². The molecule has 2 aromatic carbocycles. The summed E-state index contributed by atoms with van der Waals surface area (Å²) in [5, 5.41) is 9.89. The summed E-state index contributed by atoms with van der Waals surface area (Å²) in [6.45, 7) is 0.782. The summed E-state index contributed by atoms with van der Waals surface area (Å²) < 4.78 is 0.966. The van der Waals surface area contributed by atoms with Crippen molar-refractivity contribution in [3.05, 3.63) is 63.1 Å². The average molecular weight is 341 g/mol. The Morgan fingerprint density at radius 1 is 1.21 bits per heavy atom. The maximum Gasteiger partial charge on any atom is 0.0682 e. The lowest BCUT2D eigenvalue weighted by molar-refractivity contribution is 0.282. The Morgan fingerprint density at radius 2 is 1.95 bits per heavy atom. The van der Waals surface area contributed by atoms with Gasteiger partial charge < -0.3 is 10.0 Å². The minimum absolute atomic E-state index is 0.0487. The largest absolute Gasteiger partial charge is 0.392 e. The van der Waals surface area contributed by atoms with Crippen molar-refractivity contribution < 1.29 is 5.11 Å². The number of hydrogen-bond acceptors (Lipinski definition) is 2. The van der Waals surface area contributed by atoms with Crippen LogP contribution in [0.25, 0.3) is 0 Å². The lowest BCUT2D eigenvalue weighted by Crippen LogP contribution is -2.17. The van der Waals surface area contributed by atoms with Crippen LogP contribution in [-0.4, -0.2) is 12.2 Å². The molecule has 4 heteroatoms. The highest BCUT2D eigenvalue weighted by atomic mass is 79.9. The van der Waals surface area contributed by atoms with Crippen LogP contribution in [0, 0.1) is 0 Å². The first-order valence-electron chi connectivity index (χ1n) is 5.95. The second kappa shape index (κ2) is 6.42. The third-order valence-corrected chi connectivity index (χ3v) is 3.98. The number of anilines is 1. The Balaban J connectivity index is 2.21. The second-order valence-electron chi connectivity index (χ2n) is 4.39. The van der Waals surface area contributed by atoms with Crippen LogP contribution in [0.5, 0.6) is 0 Å². The summed E-state index contributed by atoms with van der Waals surface area (Å²) in [6, 6.07) is 13.7. The van der Waals surface area contributed by atoms with Gasteiger partial charge in [0.2, 0.25) is 0 Å². The fraction of sp³-hybridized carbons (Fsp3) is 0.200. The number of nitrogens with zero attached hydrogens (tertiary/aromatic N) is 1. The van der Waals surface area contributed by atoms with E-state index in [0.717, 1.165) is 32.9 Å². The molecule has 1 N–H and O–H groups in total. The molecule has 2 rings (SSSR count). The summed E-state index contributed by atoms with van der Waals surface area (Å²) in [4.78, 5) is 2.12. The Bertz CT molecular complexity index is 574. The zero-order valence-electron chi connectivity index (χ0n) is 10.6. The van der Waals surface area contributed by atoms with Crippen molar-refractivity contribution >= 4 is 33.2 Å². The van der Waals surface area contributed by atoms with E-state index in [1.807, 2.05) is 49.5 Å². The molecule has 0 bridgehead atoms. The molecule has 0 aliphatic carbocycles. The third-order valence-electron chi connectivity index (χ3n) is 2.97. The number of halogens is 2. The molecule has 0 unspecified atom stereocenters. The van der Waals surface area contributed by atoms with Gasteiger partial charge in [-0.25, -0.2) is 0 Å². The van der Waals surface area contributed by atoms with Crippen molar-refractivity contribution in [2.24, 2.45) is 0 Å². The number of hydrogen-bond donors (Lipinski definition) is 1. The molecular weight excluding hydrogens is 326 g/mol. The van der Waals surface area contributed by atoms with Gasteiger partial charge in [-0.15, -0.1) is 0 Å². The Morgan fingerprint density at radius 3 is 2.58 bits per heavy atom. The summed E-state index contributed by atoms with van der Waals surface area (Å²) >= 11 is 9.71. The maximum atomic E-state index is 9.11. The van der Waals surface area contributed by atoms with Crippen molar-refractivity contribution in [3.8, 4) is 0 Å². The van der Waals surface area contributed by atoms with Gasteiger partial charge in [0, 0.05) is 23.1 Å². The lowest BCUT2D eigenvalue weighted by atomic mass is 10.1. The van der Waals surface area contributed by atoms with Crippen molar-refractivity contribution in [1.82, 2.24) is 0 Å². The van der Waals surface area contributed by atoms with E-state index in [1.54, 1.807) is 0 Å². The molecule has 2 nitrogen and oxygen atoms in total. The van der Waals surface area contributed by atoms with Gasteiger partial charge in [-0.05, 0) is 45.3 Å². The Kier molecular flexibility index (Phi) is 4.86. The number of benzene rings is 2. The van der Waals surface area contributed by atoms with E-state index in [1.165, 1.54) is 0 Å². The number of aliphatic hydroxyl groups is 1. The molecule has 0 amide bonds. The van der Waals surface area contributed by atoms with Gasteiger partial charge >= 0.3 is 0 Å². The molecule has 0 heterocycles. The van der Waals surface area contributed by atoms with Gasteiger partial charge in [0.1, 0.15) is 0 Å². The first-order chi connectivity index (χ1) is 9.11. The minimum atomic E-state index is 0.0487. The summed E-state index contributed by atoms with van der Waals surface area (Å²) in [5.41, 5.74) is 3.05. The molecule has 0 fully saturated rings. The highest BCUT2D eigenvalue weighted by Gasteiger charge is 2.08. The SMILES string of the molecule is CN(Cc1ccccc1Cl)c1ccc(CO)cc1Br. The van der Waals surface area contributed by atoms with E-state index in [2.05, 4.69) is 20.8 Å². The molecule has 2 aromatic rings.